The fraction of sp³-hybridized carbons (Fsp3) is 0.429. The Balaban J connectivity index is 1.38. The van der Waals surface area contributed by atoms with E-state index in [1.165, 1.54) is 15.3 Å². The summed E-state index contributed by atoms with van der Waals surface area (Å²) >= 11 is 1.78. The Morgan fingerprint density at radius 2 is 2.00 bits per heavy atom. The Kier molecular flexibility index (Phi) is 5.12. The van der Waals surface area contributed by atoms with E-state index in [2.05, 4.69) is 21.7 Å². The fourth-order valence-electron chi connectivity index (χ4n) is 3.86. The molecule has 4 rings (SSSR count). The number of ether oxygens (including phenoxy) is 1. The number of thiophene rings is 1. The maximum atomic E-state index is 13.0. The maximum absolute atomic E-state index is 13.0. The van der Waals surface area contributed by atoms with E-state index in [-0.39, 0.29) is 11.9 Å². The van der Waals surface area contributed by atoms with Gasteiger partial charge in [0.2, 0.25) is 0 Å². The number of imide groups is 1. The molecule has 6 nitrogen and oxygen atoms in total. The van der Waals surface area contributed by atoms with Gasteiger partial charge in [0, 0.05) is 18.0 Å². The molecule has 1 saturated heterocycles. The van der Waals surface area contributed by atoms with Gasteiger partial charge in [-0.1, -0.05) is 12.1 Å². The van der Waals surface area contributed by atoms with Crippen molar-refractivity contribution in [1.82, 2.24) is 15.1 Å². The molecule has 0 spiro atoms. The molecule has 1 unspecified atom stereocenters. The van der Waals surface area contributed by atoms with Crippen LogP contribution in [0.4, 0.5) is 4.79 Å². The van der Waals surface area contributed by atoms with E-state index >= 15 is 0 Å². The topological polar surface area (TPSA) is 61.9 Å². The predicted octanol–water partition coefficient (Wildman–Crippen LogP) is 3.02. The minimum atomic E-state index is -0.861. The highest BCUT2D eigenvalue weighted by Crippen LogP contribution is 2.27. The normalized spacial score (nSPS) is 22.3. The van der Waals surface area contributed by atoms with Crippen LogP contribution in [0.25, 0.3) is 0 Å². The molecule has 2 aromatic rings. The molecular weight excluding hydrogens is 374 g/mol. The van der Waals surface area contributed by atoms with E-state index in [1.807, 2.05) is 31.2 Å². The van der Waals surface area contributed by atoms with Crippen LogP contribution in [0.3, 0.4) is 0 Å². The van der Waals surface area contributed by atoms with E-state index in [9.17, 15) is 9.59 Å². The first-order valence-electron chi connectivity index (χ1n) is 9.53. The third-order valence-electron chi connectivity index (χ3n) is 5.65. The van der Waals surface area contributed by atoms with Crippen LogP contribution < -0.4 is 10.1 Å². The minimum Gasteiger partial charge on any atom is -0.497 e. The number of nitrogens with zero attached hydrogens (tertiary/aromatic N) is 2. The Morgan fingerprint density at radius 1 is 1.21 bits per heavy atom. The number of urea groups is 1. The third-order valence-corrected chi connectivity index (χ3v) is 6.67. The number of rotatable bonds is 6. The molecule has 0 bridgehead atoms. The summed E-state index contributed by atoms with van der Waals surface area (Å²) in [4.78, 5) is 30.5. The van der Waals surface area contributed by atoms with Gasteiger partial charge in [-0.05, 0) is 60.9 Å². The largest absolute Gasteiger partial charge is 0.497 e. The lowest BCUT2D eigenvalue weighted by Crippen LogP contribution is -2.46. The number of nitrogens with one attached hydrogen (secondary N) is 1. The first kappa shape index (κ1) is 19.0. The van der Waals surface area contributed by atoms with Crippen molar-refractivity contribution in [3.05, 3.63) is 51.7 Å². The van der Waals surface area contributed by atoms with Crippen molar-refractivity contribution >= 4 is 23.3 Å². The van der Waals surface area contributed by atoms with Gasteiger partial charge in [0.1, 0.15) is 11.3 Å². The van der Waals surface area contributed by atoms with Gasteiger partial charge in [-0.15, -0.1) is 11.3 Å². The van der Waals surface area contributed by atoms with Gasteiger partial charge in [0.05, 0.1) is 13.8 Å². The summed E-state index contributed by atoms with van der Waals surface area (Å²) in [6, 6.07) is 9.65. The Labute approximate surface area is 169 Å². The van der Waals surface area contributed by atoms with Crippen molar-refractivity contribution in [2.24, 2.45) is 0 Å². The summed E-state index contributed by atoms with van der Waals surface area (Å²) in [5, 5.41) is 5.02. The molecule has 1 aromatic heterocycles. The van der Waals surface area contributed by atoms with E-state index in [0.717, 1.165) is 30.8 Å². The number of amides is 3. The zero-order valence-electron chi connectivity index (χ0n) is 16.2. The zero-order valence-corrected chi connectivity index (χ0v) is 17.1. The molecule has 2 aliphatic rings. The molecule has 0 saturated carbocycles. The SMILES string of the molecule is COc1ccc(CCC2(C)NC(=O)N(CN3CCc4sccc4C3)C2=O)cc1. The van der Waals surface area contributed by atoms with Crippen molar-refractivity contribution in [3.8, 4) is 5.75 Å². The highest BCUT2D eigenvalue weighted by atomic mass is 32.1. The van der Waals surface area contributed by atoms with Crippen LogP contribution in [-0.4, -0.2) is 47.6 Å². The number of hydrogen-bond acceptors (Lipinski definition) is 5. The number of carbonyl (C=O) groups is 2. The lowest BCUT2D eigenvalue weighted by Gasteiger charge is -2.30. The monoisotopic (exact) mass is 399 g/mol. The molecule has 0 radical (unpaired) electrons. The number of methoxy groups -OCH3 is 1. The number of aryl methyl sites for hydroxylation is 1. The van der Waals surface area contributed by atoms with Crippen molar-refractivity contribution < 1.29 is 14.3 Å². The van der Waals surface area contributed by atoms with E-state index in [1.54, 1.807) is 18.4 Å². The summed E-state index contributed by atoms with van der Waals surface area (Å²) in [7, 11) is 1.64. The highest BCUT2D eigenvalue weighted by Gasteiger charge is 2.47. The van der Waals surface area contributed by atoms with Crippen LogP contribution >= 0.6 is 11.3 Å². The average Bonchev–Trinajstić information content (AvgIpc) is 3.25. The molecule has 1 fully saturated rings. The summed E-state index contributed by atoms with van der Waals surface area (Å²) < 4.78 is 5.18. The van der Waals surface area contributed by atoms with Crippen molar-refractivity contribution in [3.63, 3.8) is 0 Å². The lowest BCUT2D eigenvalue weighted by molar-refractivity contribution is -0.132. The molecular formula is C21H25N3O3S. The summed E-state index contributed by atoms with van der Waals surface area (Å²) in [6.07, 6.45) is 2.25. The Bertz CT molecular complexity index is 879. The van der Waals surface area contributed by atoms with Gasteiger partial charge in [0.15, 0.2) is 0 Å². The second-order valence-corrected chi connectivity index (χ2v) is 8.66. The van der Waals surface area contributed by atoms with Crippen molar-refractivity contribution in [1.29, 1.82) is 0 Å². The van der Waals surface area contributed by atoms with Gasteiger partial charge in [-0.3, -0.25) is 9.69 Å². The summed E-state index contributed by atoms with van der Waals surface area (Å²) in [6.45, 7) is 3.83. The molecule has 2 aliphatic heterocycles. The lowest BCUT2D eigenvalue weighted by atomic mass is 9.93. The van der Waals surface area contributed by atoms with Gasteiger partial charge in [-0.2, -0.15) is 0 Å². The summed E-state index contributed by atoms with van der Waals surface area (Å²) in [5.74, 6) is 0.670. The van der Waals surface area contributed by atoms with E-state index in [0.29, 0.717) is 19.5 Å². The van der Waals surface area contributed by atoms with Crippen LogP contribution in [0.15, 0.2) is 35.7 Å². The number of benzene rings is 1. The third kappa shape index (κ3) is 3.64. The number of carbonyl (C=O) groups excluding carboxylic acids is 2. The average molecular weight is 400 g/mol. The standard InChI is InChI=1S/C21H25N3O3S/c1-21(10-7-15-3-5-17(27-2)6-4-15)19(25)24(20(26)22-21)14-23-11-8-18-16(13-23)9-12-28-18/h3-6,9,12H,7-8,10-11,13-14H2,1-2H3,(H,22,26). The minimum absolute atomic E-state index is 0.137. The number of hydrogen-bond donors (Lipinski definition) is 1. The van der Waals surface area contributed by atoms with Crippen LogP contribution in [0.1, 0.15) is 29.3 Å². The van der Waals surface area contributed by atoms with Crippen molar-refractivity contribution in [2.45, 2.75) is 38.3 Å². The molecule has 3 amide bonds. The van der Waals surface area contributed by atoms with Crippen LogP contribution in [0.5, 0.6) is 5.75 Å². The maximum Gasteiger partial charge on any atom is 0.326 e. The molecule has 1 aromatic carbocycles. The Hall–Kier alpha value is -2.38. The van der Waals surface area contributed by atoms with E-state index in [4.69, 9.17) is 4.74 Å². The van der Waals surface area contributed by atoms with Gasteiger partial charge < -0.3 is 10.1 Å². The first-order chi connectivity index (χ1) is 13.5. The predicted molar refractivity (Wildman–Crippen MR) is 108 cm³/mol. The molecule has 7 heteroatoms. The molecule has 148 valence electrons. The van der Waals surface area contributed by atoms with Crippen LogP contribution in [0, 0.1) is 0 Å². The number of fused-ring (bicyclic) bond motifs is 1. The zero-order chi connectivity index (χ0) is 19.7. The van der Waals surface area contributed by atoms with Gasteiger partial charge in [-0.25, -0.2) is 9.69 Å². The molecule has 1 atom stereocenters. The van der Waals surface area contributed by atoms with Crippen LogP contribution in [-0.2, 0) is 24.2 Å². The van der Waals surface area contributed by atoms with Gasteiger partial charge in [0.25, 0.3) is 5.91 Å². The van der Waals surface area contributed by atoms with Gasteiger partial charge >= 0.3 is 6.03 Å². The second-order valence-electron chi connectivity index (χ2n) is 7.66. The Morgan fingerprint density at radius 3 is 2.75 bits per heavy atom. The van der Waals surface area contributed by atoms with E-state index < -0.39 is 5.54 Å². The molecule has 1 N–H and O–H groups in total. The quantitative estimate of drug-likeness (QED) is 0.759. The smallest absolute Gasteiger partial charge is 0.326 e. The fourth-order valence-corrected chi connectivity index (χ4v) is 4.75. The molecule has 0 aliphatic carbocycles. The molecule has 3 heterocycles. The van der Waals surface area contributed by atoms with Crippen molar-refractivity contribution in [2.75, 3.05) is 20.3 Å². The highest BCUT2D eigenvalue weighted by molar-refractivity contribution is 7.10. The second kappa shape index (κ2) is 7.56. The van der Waals surface area contributed by atoms with Crippen LogP contribution in [0.2, 0.25) is 0 Å². The summed E-state index contributed by atoms with van der Waals surface area (Å²) in [5.41, 5.74) is 1.56. The molecule has 28 heavy (non-hydrogen) atoms. The first-order valence-corrected chi connectivity index (χ1v) is 10.4.